The number of hydrogen-bond acceptors (Lipinski definition) is 8. The summed E-state index contributed by atoms with van der Waals surface area (Å²) in [5.41, 5.74) is 0. The van der Waals surface area contributed by atoms with Crippen molar-refractivity contribution in [1.82, 2.24) is 0 Å². The van der Waals surface area contributed by atoms with E-state index in [1.54, 1.807) is 0 Å². The molecule has 30 heavy (non-hydrogen) atoms. The van der Waals surface area contributed by atoms with Gasteiger partial charge in [0.1, 0.15) is 25.9 Å². The minimum atomic E-state index is -6.14. The zero-order valence-corrected chi connectivity index (χ0v) is 14.2. The van der Waals surface area contributed by atoms with Crippen LogP contribution >= 0.6 is 0 Å². The molecule has 2 aliphatic heterocycles. The highest BCUT2D eigenvalue weighted by molar-refractivity contribution is 4.68. The first kappa shape index (κ1) is 25.2. The fraction of sp³-hybridized carbons (Fsp3) is 1.00. The molecular weight excluding hydrogens is 462 g/mol. The van der Waals surface area contributed by atoms with E-state index in [9.17, 15) is 43.9 Å². The summed E-state index contributed by atoms with van der Waals surface area (Å²) in [5.74, 6) is 0. The maximum absolute atomic E-state index is 13.2. The average Bonchev–Trinajstić information content (AvgIpc) is 3.35. The van der Waals surface area contributed by atoms with Crippen LogP contribution in [0.5, 0.6) is 0 Å². The van der Waals surface area contributed by atoms with Crippen molar-refractivity contribution < 1.29 is 81.8 Å². The average molecular weight is 474 g/mol. The molecule has 178 valence electrons. The third-order valence-electron chi connectivity index (χ3n) is 2.73. The first-order chi connectivity index (χ1) is 13.5. The number of epoxide rings is 2. The van der Waals surface area contributed by atoms with Crippen molar-refractivity contribution in [3.63, 3.8) is 0 Å². The SMILES string of the molecule is FC(F)(COCC1CO1)OC(F)(F)OC(F)(F)OC(F)(F)OC(F)(F)COC1CO1. The number of halogens is 10. The summed E-state index contributed by atoms with van der Waals surface area (Å²) in [6.07, 6.45) is -29.6. The molecule has 2 aliphatic rings. The molecule has 0 saturated carbocycles. The predicted octanol–water partition coefficient (Wildman–Crippen LogP) is 2.68. The summed E-state index contributed by atoms with van der Waals surface area (Å²) in [6.45, 7) is -4.22. The summed E-state index contributed by atoms with van der Waals surface area (Å²) in [5, 5.41) is 0. The molecule has 0 aromatic rings. The molecule has 2 rings (SSSR count). The van der Waals surface area contributed by atoms with Crippen molar-refractivity contribution in [2.75, 3.05) is 33.0 Å². The van der Waals surface area contributed by atoms with Gasteiger partial charge in [0.05, 0.1) is 13.2 Å². The van der Waals surface area contributed by atoms with E-state index < -0.39 is 63.3 Å². The molecule has 0 aromatic heterocycles. The highest BCUT2D eigenvalue weighted by Crippen LogP contribution is 2.39. The molecule has 2 saturated heterocycles. The predicted molar refractivity (Wildman–Crippen MR) is 65.3 cm³/mol. The molecule has 2 unspecified atom stereocenters. The smallest absolute Gasteiger partial charge is 0.371 e. The molecule has 0 spiro atoms. The second-order valence-electron chi connectivity index (χ2n) is 5.62. The second kappa shape index (κ2) is 8.85. The molecule has 0 aliphatic carbocycles. The fourth-order valence-corrected chi connectivity index (χ4v) is 1.54. The lowest BCUT2D eigenvalue weighted by atomic mass is 10.5. The molecule has 0 radical (unpaired) electrons. The Balaban J connectivity index is 1.83. The molecule has 0 bridgehead atoms. The van der Waals surface area contributed by atoms with Gasteiger partial charge >= 0.3 is 31.1 Å². The Morgan fingerprint density at radius 2 is 1.07 bits per heavy atom. The monoisotopic (exact) mass is 474 g/mol. The topological polar surface area (TPSA) is 80.4 Å². The highest BCUT2D eigenvalue weighted by atomic mass is 19.3. The van der Waals surface area contributed by atoms with Crippen LogP contribution in [0.4, 0.5) is 43.9 Å². The Labute approximate surface area is 159 Å². The molecule has 0 amide bonds. The quantitative estimate of drug-likeness (QED) is 0.204. The van der Waals surface area contributed by atoms with E-state index in [1.807, 2.05) is 0 Å². The summed E-state index contributed by atoms with van der Waals surface area (Å²) in [6, 6.07) is 0. The van der Waals surface area contributed by atoms with E-state index in [2.05, 4.69) is 37.9 Å². The summed E-state index contributed by atoms with van der Waals surface area (Å²) >= 11 is 0. The molecule has 2 heterocycles. The van der Waals surface area contributed by atoms with E-state index >= 15 is 0 Å². The fourth-order valence-electron chi connectivity index (χ4n) is 1.54. The van der Waals surface area contributed by atoms with Gasteiger partial charge in [-0.2, -0.15) is 17.6 Å². The lowest BCUT2D eigenvalue weighted by Crippen LogP contribution is -2.48. The van der Waals surface area contributed by atoms with Crippen LogP contribution in [0.3, 0.4) is 0 Å². The van der Waals surface area contributed by atoms with Crippen molar-refractivity contribution in [1.29, 1.82) is 0 Å². The van der Waals surface area contributed by atoms with Crippen molar-refractivity contribution >= 4 is 0 Å². The summed E-state index contributed by atoms with van der Waals surface area (Å²) < 4.78 is 158. The molecule has 2 atom stereocenters. The number of alkyl halides is 10. The Morgan fingerprint density at radius 3 is 1.50 bits per heavy atom. The van der Waals surface area contributed by atoms with Gasteiger partial charge in [0.2, 0.25) is 0 Å². The normalized spacial score (nSPS) is 23.0. The first-order valence-electron chi connectivity index (χ1n) is 7.61. The largest absolute Gasteiger partial charge is 0.498 e. The van der Waals surface area contributed by atoms with Crippen molar-refractivity contribution in [3.05, 3.63) is 0 Å². The van der Waals surface area contributed by atoms with E-state index in [4.69, 9.17) is 0 Å². The molecule has 8 nitrogen and oxygen atoms in total. The second-order valence-corrected chi connectivity index (χ2v) is 5.62. The zero-order valence-electron chi connectivity index (χ0n) is 14.2. The van der Waals surface area contributed by atoms with Crippen LogP contribution in [-0.4, -0.2) is 76.5 Å². The van der Waals surface area contributed by atoms with Gasteiger partial charge in [-0.15, -0.1) is 26.3 Å². The van der Waals surface area contributed by atoms with E-state index in [0.717, 1.165) is 0 Å². The van der Waals surface area contributed by atoms with Gasteiger partial charge in [-0.05, 0) is 0 Å². The van der Waals surface area contributed by atoms with Crippen LogP contribution in [0.15, 0.2) is 0 Å². The third kappa shape index (κ3) is 10.3. The van der Waals surface area contributed by atoms with Crippen LogP contribution in [0.2, 0.25) is 0 Å². The first-order valence-corrected chi connectivity index (χ1v) is 7.61. The lowest BCUT2D eigenvalue weighted by molar-refractivity contribution is -0.605. The minimum Gasteiger partial charge on any atom is -0.371 e. The van der Waals surface area contributed by atoms with Crippen LogP contribution < -0.4 is 0 Å². The van der Waals surface area contributed by atoms with E-state index in [1.165, 1.54) is 0 Å². The van der Waals surface area contributed by atoms with Gasteiger partial charge in [-0.3, -0.25) is 0 Å². The van der Waals surface area contributed by atoms with E-state index in [-0.39, 0.29) is 13.2 Å². The minimum absolute atomic E-state index is 0.145. The van der Waals surface area contributed by atoms with Gasteiger partial charge in [0.25, 0.3) is 0 Å². The standard InChI is InChI=1S/C12H12F10O8/c13-8(14,4-23-1-6-2-24-6)27-10(17,18)29-12(21,22)30-11(19,20)28-9(15,16)5-26-7-3-25-7/h6-7H,1-5H2. The van der Waals surface area contributed by atoms with Crippen LogP contribution in [-0.2, 0) is 37.9 Å². The Bertz CT molecular complexity index is 569. The van der Waals surface area contributed by atoms with Gasteiger partial charge in [-0.1, -0.05) is 0 Å². The number of ether oxygens (including phenoxy) is 8. The lowest BCUT2D eigenvalue weighted by Gasteiger charge is -2.28. The Hall–Kier alpha value is -1.02. The number of rotatable bonds is 15. The molecule has 0 N–H and O–H groups in total. The van der Waals surface area contributed by atoms with Crippen molar-refractivity contribution in [3.8, 4) is 0 Å². The van der Waals surface area contributed by atoms with Crippen LogP contribution in [0.25, 0.3) is 0 Å². The molecule has 2 fully saturated rings. The molecular formula is C12H12F10O8. The van der Waals surface area contributed by atoms with Gasteiger partial charge in [0.15, 0.2) is 6.29 Å². The van der Waals surface area contributed by atoms with Crippen LogP contribution in [0.1, 0.15) is 0 Å². The van der Waals surface area contributed by atoms with Gasteiger partial charge in [0, 0.05) is 0 Å². The maximum atomic E-state index is 13.2. The van der Waals surface area contributed by atoms with E-state index in [0.29, 0.717) is 0 Å². The number of hydrogen-bond donors (Lipinski definition) is 0. The van der Waals surface area contributed by atoms with Gasteiger partial charge in [-0.25, -0.2) is 18.9 Å². The molecule has 0 aromatic carbocycles. The third-order valence-corrected chi connectivity index (χ3v) is 2.73. The van der Waals surface area contributed by atoms with Crippen molar-refractivity contribution in [2.45, 2.75) is 43.5 Å². The Kier molecular flexibility index (Phi) is 7.44. The van der Waals surface area contributed by atoms with Crippen LogP contribution in [0, 0.1) is 0 Å². The van der Waals surface area contributed by atoms with Crippen molar-refractivity contribution in [2.24, 2.45) is 0 Å². The Morgan fingerprint density at radius 1 is 0.633 bits per heavy atom. The zero-order chi connectivity index (χ0) is 22.8. The summed E-state index contributed by atoms with van der Waals surface area (Å²) in [7, 11) is 0. The summed E-state index contributed by atoms with van der Waals surface area (Å²) in [4.78, 5) is 0. The molecule has 18 heteroatoms. The maximum Gasteiger partial charge on any atom is 0.498 e. The highest BCUT2D eigenvalue weighted by Gasteiger charge is 2.59. The van der Waals surface area contributed by atoms with Gasteiger partial charge < -0.3 is 18.9 Å².